The summed E-state index contributed by atoms with van der Waals surface area (Å²) in [6, 6.07) is 4.32. The monoisotopic (exact) mass is 236 g/mol. The van der Waals surface area contributed by atoms with E-state index in [1.165, 1.54) is 12.1 Å². The molecule has 0 radical (unpaired) electrons. The molecule has 17 heavy (non-hydrogen) atoms. The Bertz CT molecular complexity index is 552. The Labute approximate surface area is 99.8 Å². The lowest BCUT2D eigenvalue weighted by atomic mass is 9.75. The molecule has 92 valence electrons. The van der Waals surface area contributed by atoms with E-state index >= 15 is 0 Å². The van der Waals surface area contributed by atoms with Crippen LogP contribution in [0, 0.1) is 5.82 Å². The van der Waals surface area contributed by atoms with E-state index in [1.807, 2.05) is 27.7 Å². The molecular formula is C13H17FN2O. The van der Waals surface area contributed by atoms with Crippen LogP contribution in [0.3, 0.4) is 0 Å². The number of oxazole rings is 1. The van der Waals surface area contributed by atoms with Crippen molar-refractivity contribution in [2.45, 2.75) is 38.6 Å². The minimum Gasteiger partial charge on any atom is -0.440 e. The first-order valence-corrected chi connectivity index (χ1v) is 5.57. The number of fused-ring (bicyclic) bond motifs is 1. The molecule has 0 aliphatic heterocycles. The maximum absolute atomic E-state index is 13.1. The average Bonchev–Trinajstić information content (AvgIpc) is 2.58. The summed E-state index contributed by atoms with van der Waals surface area (Å²) in [5.74, 6) is 0.204. The molecule has 1 aromatic carbocycles. The van der Waals surface area contributed by atoms with Crippen molar-refractivity contribution in [1.29, 1.82) is 0 Å². The number of hydrogen-bond acceptors (Lipinski definition) is 3. The number of aromatic nitrogens is 1. The van der Waals surface area contributed by atoms with Crippen molar-refractivity contribution in [2.75, 3.05) is 0 Å². The van der Waals surface area contributed by atoms with Gasteiger partial charge in [-0.1, -0.05) is 0 Å². The van der Waals surface area contributed by atoms with Gasteiger partial charge in [0.15, 0.2) is 5.58 Å². The van der Waals surface area contributed by atoms with Crippen molar-refractivity contribution in [2.24, 2.45) is 5.73 Å². The number of hydrogen-bond donors (Lipinski definition) is 1. The second-order valence-corrected chi connectivity index (χ2v) is 5.48. The van der Waals surface area contributed by atoms with Crippen LogP contribution < -0.4 is 5.73 Å². The first-order valence-electron chi connectivity index (χ1n) is 5.57. The molecule has 0 atom stereocenters. The van der Waals surface area contributed by atoms with Crippen LogP contribution in [-0.4, -0.2) is 10.5 Å². The van der Waals surface area contributed by atoms with E-state index in [9.17, 15) is 4.39 Å². The zero-order chi connectivity index (χ0) is 12.8. The molecule has 0 bridgehead atoms. The Hall–Kier alpha value is -1.42. The maximum atomic E-state index is 13.1. The Balaban J connectivity index is 2.57. The third-order valence-electron chi connectivity index (χ3n) is 3.50. The Morgan fingerprint density at radius 1 is 1.24 bits per heavy atom. The molecule has 0 saturated carbocycles. The highest BCUT2D eigenvalue weighted by molar-refractivity contribution is 5.72. The third kappa shape index (κ3) is 1.93. The van der Waals surface area contributed by atoms with E-state index in [-0.39, 0.29) is 5.82 Å². The highest BCUT2D eigenvalue weighted by Crippen LogP contribution is 2.34. The van der Waals surface area contributed by atoms with Gasteiger partial charge >= 0.3 is 0 Å². The van der Waals surface area contributed by atoms with Gasteiger partial charge in [-0.05, 0) is 39.8 Å². The molecule has 0 aliphatic rings. The first-order chi connectivity index (χ1) is 7.72. The summed E-state index contributed by atoms with van der Waals surface area (Å²) < 4.78 is 18.7. The van der Waals surface area contributed by atoms with Crippen molar-refractivity contribution in [3.63, 3.8) is 0 Å². The van der Waals surface area contributed by atoms with Crippen LogP contribution in [0.15, 0.2) is 22.6 Å². The maximum Gasteiger partial charge on any atom is 0.202 e. The topological polar surface area (TPSA) is 52.0 Å². The fourth-order valence-electron chi connectivity index (χ4n) is 1.44. The van der Waals surface area contributed by atoms with Gasteiger partial charge in [-0.25, -0.2) is 9.37 Å². The van der Waals surface area contributed by atoms with E-state index in [0.29, 0.717) is 17.0 Å². The molecule has 2 rings (SSSR count). The Morgan fingerprint density at radius 2 is 1.88 bits per heavy atom. The molecule has 4 heteroatoms. The molecule has 3 nitrogen and oxygen atoms in total. The van der Waals surface area contributed by atoms with Gasteiger partial charge in [0.2, 0.25) is 5.89 Å². The largest absolute Gasteiger partial charge is 0.440 e. The van der Waals surface area contributed by atoms with Gasteiger partial charge in [0.05, 0.1) is 5.41 Å². The number of nitrogens with two attached hydrogens (primary N) is 1. The molecule has 0 aliphatic carbocycles. The summed E-state index contributed by atoms with van der Waals surface area (Å²) in [5.41, 5.74) is 6.32. The van der Waals surface area contributed by atoms with Crippen LogP contribution in [0.25, 0.3) is 11.1 Å². The number of rotatable bonds is 2. The lowest BCUT2D eigenvalue weighted by Crippen LogP contribution is -2.50. The highest BCUT2D eigenvalue weighted by atomic mass is 19.1. The van der Waals surface area contributed by atoms with Crippen LogP contribution in [0.2, 0.25) is 0 Å². The molecule has 0 saturated heterocycles. The zero-order valence-electron chi connectivity index (χ0n) is 10.5. The molecule has 0 fully saturated rings. The molecule has 2 aromatic rings. The predicted molar refractivity (Wildman–Crippen MR) is 65.3 cm³/mol. The molecule has 0 amide bonds. The van der Waals surface area contributed by atoms with E-state index in [0.717, 1.165) is 0 Å². The molecule has 1 heterocycles. The van der Waals surface area contributed by atoms with Crippen LogP contribution in [-0.2, 0) is 5.41 Å². The first kappa shape index (κ1) is 12.0. The Kier molecular flexibility index (Phi) is 2.51. The van der Waals surface area contributed by atoms with E-state index in [1.54, 1.807) is 6.07 Å². The van der Waals surface area contributed by atoms with E-state index in [2.05, 4.69) is 4.98 Å². The van der Waals surface area contributed by atoms with Crippen molar-refractivity contribution in [1.82, 2.24) is 4.98 Å². The van der Waals surface area contributed by atoms with Crippen LogP contribution >= 0.6 is 0 Å². The summed E-state index contributed by atoms with van der Waals surface area (Å²) in [6.07, 6.45) is 0. The molecule has 2 N–H and O–H groups in total. The van der Waals surface area contributed by atoms with Gasteiger partial charge in [0.1, 0.15) is 11.3 Å². The van der Waals surface area contributed by atoms with Gasteiger partial charge in [-0.15, -0.1) is 0 Å². The van der Waals surface area contributed by atoms with Gasteiger partial charge < -0.3 is 10.2 Å². The van der Waals surface area contributed by atoms with Gasteiger partial charge in [0.25, 0.3) is 0 Å². The molecule has 0 unspecified atom stereocenters. The summed E-state index contributed by atoms with van der Waals surface area (Å²) in [7, 11) is 0. The fourth-order valence-corrected chi connectivity index (χ4v) is 1.44. The van der Waals surface area contributed by atoms with E-state index < -0.39 is 11.0 Å². The number of nitrogens with zero attached hydrogens (tertiary/aromatic N) is 1. The van der Waals surface area contributed by atoms with Gasteiger partial charge in [-0.2, -0.15) is 0 Å². The average molecular weight is 236 g/mol. The summed E-state index contributed by atoms with van der Waals surface area (Å²) >= 11 is 0. The SMILES string of the molecule is CC(C)(N)C(C)(C)c1nc2ccc(F)cc2o1. The number of halogens is 1. The van der Waals surface area contributed by atoms with Crippen molar-refractivity contribution >= 4 is 11.1 Å². The lowest BCUT2D eigenvalue weighted by Gasteiger charge is -2.35. The summed E-state index contributed by atoms with van der Waals surface area (Å²) in [6.45, 7) is 7.77. The standard InChI is InChI=1S/C13H17FN2O/c1-12(2,13(3,4)15)11-16-9-6-5-8(14)7-10(9)17-11/h5-7H,15H2,1-4H3. The van der Waals surface area contributed by atoms with Crippen molar-refractivity contribution in [3.05, 3.63) is 29.9 Å². The predicted octanol–water partition coefficient (Wildman–Crippen LogP) is 2.98. The smallest absolute Gasteiger partial charge is 0.202 e. The third-order valence-corrected chi connectivity index (χ3v) is 3.50. The second-order valence-electron chi connectivity index (χ2n) is 5.48. The normalized spacial score (nSPS) is 13.3. The second kappa shape index (κ2) is 3.53. The van der Waals surface area contributed by atoms with Crippen molar-refractivity contribution < 1.29 is 8.81 Å². The summed E-state index contributed by atoms with van der Waals surface area (Å²) in [5, 5.41) is 0. The minimum atomic E-state index is -0.480. The molecule has 0 spiro atoms. The van der Waals surface area contributed by atoms with Gasteiger partial charge in [-0.3, -0.25) is 0 Å². The lowest BCUT2D eigenvalue weighted by molar-refractivity contribution is 0.251. The van der Waals surface area contributed by atoms with Crippen LogP contribution in [0.4, 0.5) is 4.39 Å². The van der Waals surface area contributed by atoms with Crippen LogP contribution in [0.1, 0.15) is 33.6 Å². The quantitative estimate of drug-likeness (QED) is 0.872. The number of benzene rings is 1. The van der Waals surface area contributed by atoms with Crippen molar-refractivity contribution in [3.8, 4) is 0 Å². The fraction of sp³-hybridized carbons (Fsp3) is 0.462. The Morgan fingerprint density at radius 3 is 2.47 bits per heavy atom. The van der Waals surface area contributed by atoms with Crippen LogP contribution in [0.5, 0.6) is 0 Å². The highest BCUT2D eigenvalue weighted by Gasteiger charge is 2.39. The molecular weight excluding hydrogens is 219 g/mol. The minimum absolute atomic E-state index is 0.329. The zero-order valence-corrected chi connectivity index (χ0v) is 10.5. The van der Waals surface area contributed by atoms with E-state index in [4.69, 9.17) is 10.2 Å². The van der Waals surface area contributed by atoms with Gasteiger partial charge in [0, 0.05) is 11.6 Å². The summed E-state index contributed by atoms with van der Waals surface area (Å²) in [4.78, 5) is 4.38. The molecule has 1 aromatic heterocycles.